The van der Waals surface area contributed by atoms with Crippen LogP contribution in [0.1, 0.15) is 25.7 Å². The Morgan fingerprint density at radius 1 is 1.03 bits per heavy atom. The van der Waals surface area contributed by atoms with Crippen LogP contribution in [0.3, 0.4) is 0 Å². The first-order valence-corrected chi connectivity index (χ1v) is 9.73. The number of carbonyl (C=O) groups is 2. The molecule has 0 atom stereocenters. The van der Waals surface area contributed by atoms with E-state index < -0.39 is 0 Å². The summed E-state index contributed by atoms with van der Waals surface area (Å²) >= 11 is 0. The van der Waals surface area contributed by atoms with Crippen molar-refractivity contribution >= 4 is 42.6 Å². The molecule has 2 amide bonds. The van der Waals surface area contributed by atoms with Gasteiger partial charge in [0.15, 0.2) is 0 Å². The van der Waals surface area contributed by atoms with Gasteiger partial charge in [0.1, 0.15) is 5.82 Å². The molecule has 0 aromatic carbocycles. The van der Waals surface area contributed by atoms with Crippen molar-refractivity contribution in [2.24, 2.45) is 0 Å². The molecule has 0 bridgehead atoms. The van der Waals surface area contributed by atoms with Gasteiger partial charge in [-0.3, -0.25) is 9.80 Å². The van der Waals surface area contributed by atoms with Crippen molar-refractivity contribution in [2.45, 2.75) is 25.7 Å². The van der Waals surface area contributed by atoms with E-state index in [0.717, 1.165) is 44.8 Å². The molecule has 1 aromatic rings. The van der Waals surface area contributed by atoms with Gasteiger partial charge in [-0.1, -0.05) is 12.5 Å². The highest BCUT2D eigenvalue weighted by Crippen LogP contribution is 2.17. The standard InChI is InChI=1S/C19H29N5O3.2ClH/c1-27-18(25)8-12-24(23-10-5-2-6-11-23)19(26)22-15-13-21(14-16-22)17-7-3-4-9-20-17;;/h3-4,7,9H,2,5-6,8,10-16H2,1H3;2*1H. The summed E-state index contributed by atoms with van der Waals surface area (Å²) < 4.78 is 4.75. The van der Waals surface area contributed by atoms with E-state index in [1.807, 2.05) is 23.1 Å². The number of rotatable bonds is 5. The van der Waals surface area contributed by atoms with E-state index in [-0.39, 0.29) is 43.2 Å². The fraction of sp³-hybridized carbons (Fsp3) is 0.632. The fourth-order valence-corrected chi connectivity index (χ4v) is 3.61. The summed E-state index contributed by atoms with van der Waals surface area (Å²) in [6.07, 6.45) is 5.35. The number of ether oxygens (including phenoxy) is 1. The van der Waals surface area contributed by atoms with Crippen LogP contribution >= 0.6 is 24.8 Å². The number of carbonyl (C=O) groups excluding carboxylic acids is 2. The zero-order valence-electron chi connectivity index (χ0n) is 16.9. The average molecular weight is 448 g/mol. The third kappa shape index (κ3) is 6.90. The van der Waals surface area contributed by atoms with Crippen LogP contribution in [0.2, 0.25) is 0 Å². The lowest BCUT2D eigenvalue weighted by Crippen LogP contribution is -2.58. The van der Waals surface area contributed by atoms with E-state index in [4.69, 9.17) is 4.74 Å². The summed E-state index contributed by atoms with van der Waals surface area (Å²) in [6, 6.07) is 5.86. The molecule has 2 aliphatic heterocycles. The number of nitrogens with zero attached hydrogens (tertiary/aromatic N) is 5. The van der Waals surface area contributed by atoms with Gasteiger partial charge in [-0.25, -0.2) is 14.8 Å². The Balaban J connectivity index is 0.00000210. The van der Waals surface area contributed by atoms with Gasteiger partial charge < -0.3 is 14.5 Å². The summed E-state index contributed by atoms with van der Waals surface area (Å²) in [7, 11) is 1.38. The van der Waals surface area contributed by atoms with E-state index >= 15 is 0 Å². The molecule has 2 fully saturated rings. The van der Waals surface area contributed by atoms with Crippen molar-refractivity contribution in [1.29, 1.82) is 0 Å². The van der Waals surface area contributed by atoms with Crippen LogP contribution in [-0.2, 0) is 9.53 Å². The van der Waals surface area contributed by atoms with Crippen LogP contribution in [0.15, 0.2) is 24.4 Å². The second-order valence-electron chi connectivity index (χ2n) is 6.91. The Morgan fingerprint density at radius 3 is 2.31 bits per heavy atom. The van der Waals surface area contributed by atoms with Gasteiger partial charge in [-0.2, -0.15) is 0 Å². The summed E-state index contributed by atoms with van der Waals surface area (Å²) in [5.41, 5.74) is 0. The third-order valence-electron chi connectivity index (χ3n) is 5.17. The number of hydrogen-bond donors (Lipinski definition) is 0. The predicted octanol–water partition coefficient (Wildman–Crippen LogP) is 2.43. The lowest BCUT2D eigenvalue weighted by Gasteiger charge is -2.42. The molecule has 3 rings (SSSR count). The van der Waals surface area contributed by atoms with Crippen LogP contribution in [0.25, 0.3) is 0 Å². The largest absolute Gasteiger partial charge is 0.469 e. The number of piperidine rings is 1. The summed E-state index contributed by atoms with van der Waals surface area (Å²) in [4.78, 5) is 33.2. The number of methoxy groups -OCH3 is 1. The van der Waals surface area contributed by atoms with E-state index in [1.165, 1.54) is 13.5 Å². The number of hydrogen-bond acceptors (Lipinski definition) is 6. The van der Waals surface area contributed by atoms with Crippen molar-refractivity contribution in [2.75, 3.05) is 57.8 Å². The lowest BCUT2D eigenvalue weighted by atomic mass is 10.2. The molecule has 0 saturated carbocycles. The SMILES string of the molecule is COC(=O)CCN(C(=O)N1CCN(c2ccccn2)CC1)N1CCCCC1.Cl.Cl. The van der Waals surface area contributed by atoms with E-state index in [2.05, 4.69) is 14.9 Å². The van der Waals surface area contributed by atoms with Crippen LogP contribution in [-0.4, -0.2) is 84.8 Å². The number of pyridine rings is 1. The first-order valence-electron chi connectivity index (χ1n) is 9.73. The monoisotopic (exact) mass is 447 g/mol. The number of aromatic nitrogens is 1. The summed E-state index contributed by atoms with van der Waals surface area (Å²) in [5, 5.41) is 3.85. The van der Waals surface area contributed by atoms with E-state index in [9.17, 15) is 9.59 Å². The molecule has 2 aliphatic rings. The maximum absolute atomic E-state index is 13.2. The third-order valence-corrected chi connectivity index (χ3v) is 5.17. The maximum atomic E-state index is 13.2. The molecule has 2 saturated heterocycles. The summed E-state index contributed by atoms with van der Waals surface area (Å²) in [6.45, 7) is 4.91. The number of urea groups is 1. The highest BCUT2D eigenvalue weighted by atomic mass is 35.5. The molecule has 29 heavy (non-hydrogen) atoms. The Morgan fingerprint density at radius 2 is 1.72 bits per heavy atom. The zero-order valence-corrected chi connectivity index (χ0v) is 18.5. The van der Waals surface area contributed by atoms with Gasteiger partial charge in [-0.05, 0) is 25.0 Å². The minimum absolute atomic E-state index is 0. The number of esters is 1. The lowest BCUT2D eigenvalue weighted by molar-refractivity contribution is -0.141. The van der Waals surface area contributed by atoms with E-state index in [0.29, 0.717) is 19.6 Å². The van der Waals surface area contributed by atoms with Crippen molar-refractivity contribution in [3.63, 3.8) is 0 Å². The first kappa shape index (κ1) is 25.3. The minimum Gasteiger partial charge on any atom is -0.469 e. The van der Waals surface area contributed by atoms with Crippen molar-refractivity contribution in [1.82, 2.24) is 19.9 Å². The predicted molar refractivity (Wildman–Crippen MR) is 117 cm³/mol. The van der Waals surface area contributed by atoms with Gasteiger partial charge in [0.25, 0.3) is 0 Å². The smallest absolute Gasteiger partial charge is 0.334 e. The Bertz CT molecular complexity index is 624. The van der Waals surface area contributed by atoms with Gasteiger partial charge in [0.05, 0.1) is 13.5 Å². The number of amides is 2. The van der Waals surface area contributed by atoms with Gasteiger partial charge in [0.2, 0.25) is 0 Å². The Hall–Kier alpha value is -1.77. The Labute approximate surface area is 185 Å². The molecule has 0 radical (unpaired) electrons. The highest BCUT2D eigenvalue weighted by molar-refractivity contribution is 5.85. The van der Waals surface area contributed by atoms with Crippen LogP contribution in [0.4, 0.5) is 10.6 Å². The Kier molecular flexibility index (Phi) is 11.1. The molecule has 0 spiro atoms. The molecule has 0 N–H and O–H groups in total. The first-order chi connectivity index (χ1) is 13.2. The van der Waals surface area contributed by atoms with Crippen molar-refractivity contribution in [3.05, 3.63) is 24.4 Å². The minimum atomic E-state index is -0.287. The number of halogens is 2. The van der Waals surface area contributed by atoms with Gasteiger partial charge in [-0.15, -0.1) is 24.8 Å². The van der Waals surface area contributed by atoms with Gasteiger partial charge >= 0.3 is 12.0 Å². The zero-order chi connectivity index (χ0) is 19.1. The molecular weight excluding hydrogens is 417 g/mol. The topological polar surface area (TPSA) is 69.2 Å². The van der Waals surface area contributed by atoms with E-state index in [1.54, 1.807) is 11.2 Å². The second-order valence-corrected chi connectivity index (χ2v) is 6.91. The quantitative estimate of drug-likeness (QED) is 0.645. The van der Waals surface area contributed by atoms with Crippen LogP contribution in [0.5, 0.6) is 0 Å². The second kappa shape index (κ2) is 12.7. The highest BCUT2D eigenvalue weighted by Gasteiger charge is 2.30. The molecule has 10 heteroatoms. The maximum Gasteiger partial charge on any atom is 0.334 e. The number of hydrazine groups is 1. The number of anilines is 1. The molecule has 1 aromatic heterocycles. The number of piperazine rings is 1. The molecular formula is C19H31Cl2N5O3. The van der Waals surface area contributed by atoms with Crippen molar-refractivity contribution in [3.8, 4) is 0 Å². The van der Waals surface area contributed by atoms with Crippen LogP contribution in [0, 0.1) is 0 Å². The molecule has 8 nitrogen and oxygen atoms in total. The molecule has 0 aliphatic carbocycles. The summed E-state index contributed by atoms with van der Waals surface area (Å²) in [5.74, 6) is 0.660. The molecule has 0 unspecified atom stereocenters. The van der Waals surface area contributed by atoms with Crippen molar-refractivity contribution < 1.29 is 14.3 Å². The molecule has 3 heterocycles. The van der Waals surface area contributed by atoms with Gasteiger partial charge in [0, 0.05) is 52.0 Å². The normalized spacial score (nSPS) is 17.0. The fourth-order valence-electron chi connectivity index (χ4n) is 3.61. The molecule has 164 valence electrons. The average Bonchev–Trinajstić information content (AvgIpc) is 2.75. The van der Waals surface area contributed by atoms with Crippen LogP contribution < -0.4 is 4.90 Å².